The number of hydrogen-bond acceptors (Lipinski definition) is 5. The van der Waals surface area contributed by atoms with Crippen molar-refractivity contribution in [3.05, 3.63) is 51.6 Å². The van der Waals surface area contributed by atoms with Gasteiger partial charge in [0.2, 0.25) is 11.9 Å². The number of carbonyl (C=O) groups is 1. The van der Waals surface area contributed by atoms with Crippen molar-refractivity contribution in [2.75, 3.05) is 23.3 Å². The first-order chi connectivity index (χ1) is 13.1. The van der Waals surface area contributed by atoms with Gasteiger partial charge in [-0.3, -0.25) is 14.6 Å². The Kier molecular flexibility index (Phi) is 4.36. The lowest BCUT2D eigenvalue weighted by Crippen LogP contribution is -2.40. The van der Waals surface area contributed by atoms with E-state index in [2.05, 4.69) is 15.3 Å². The third-order valence-corrected chi connectivity index (χ3v) is 5.13. The predicted octanol–water partition coefficient (Wildman–Crippen LogP) is 2.12. The molecular formula is C19H18FN5O2. The van der Waals surface area contributed by atoms with Gasteiger partial charge in [-0.25, -0.2) is 4.39 Å². The van der Waals surface area contributed by atoms with Gasteiger partial charge in [0.15, 0.2) is 0 Å². The van der Waals surface area contributed by atoms with E-state index in [9.17, 15) is 19.2 Å². The van der Waals surface area contributed by atoms with Crippen molar-refractivity contribution in [3.8, 4) is 6.07 Å². The lowest BCUT2D eigenvalue weighted by atomic mass is 9.79. The normalized spacial score (nSPS) is 21.9. The van der Waals surface area contributed by atoms with Gasteiger partial charge in [-0.05, 0) is 37.0 Å². The molecule has 0 bridgehead atoms. The molecule has 138 valence electrons. The van der Waals surface area contributed by atoms with Gasteiger partial charge in [-0.2, -0.15) is 10.2 Å². The number of nitrogens with one attached hydrogen (secondary N) is 2. The fraction of sp³-hybridized carbons (Fsp3) is 0.368. The second kappa shape index (κ2) is 6.83. The number of rotatable bonds is 2. The minimum absolute atomic E-state index is 0.171. The standard InChI is InChI=1S/C19H18FN5O2/c20-12-6-4-11(5-7-12)14-13(10-21)17(26)22-16-15(14)18(27)24-19(23-16)25-8-2-1-3-9-25/h4-7,13-14H,1-3,8-9H2,(H2,22,23,24,26,27). The van der Waals surface area contributed by atoms with Gasteiger partial charge in [-0.15, -0.1) is 0 Å². The number of nitriles is 1. The number of amides is 1. The molecule has 0 saturated carbocycles. The molecule has 2 aliphatic rings. The maximum Gasteiger partial charge on any atom is 0.258 e. The molecule has 1 aromatic heterocycles. The third-order valence-electron chi connectivity index (χ3n) is 5.13. The zero-order chi connectivity index (χ0) is 19.0. The predicted molar refractivity (Wildman–Crippen MR) is 96.9 cm³/mol. The number of carbonyl (C=O) groups excluding carboxylic acids is 1. The van der Waals surface area contributed by atoms with Crippen molar-refractivity contribution < 1.29 is 9.18 Å². The summed E-state index contributed by atoms with van der Waals surface area (Å²) in [6, 6.07) is 7.45. The van der Waals surface area contributed by atoms with Crippen molar-refractivity contribution in [1.29, 1.82) is 5.26 Å². The Labute approximate surface area is 154 Å². The summed E-state index contributed by atoms with van der Waals surface area (Å²) in [4.78, 5) is 34.6. The first kappa shape index (κ1) is 17.2. The van der Waals surface area contributed by atoms with E-state index in [1.54, 1.807) is 0 Å². The van der Waals surface area contributed by atoms with Crippen molar-refractivity contribution in [2.24, 2.45) is 5.92 Å². The van der Waals surface area contributed by atoms with Crippen molar-refractivity contribution in [1.82, 2.24) is 9.97 Å². The highest BCUT2D eigenvalue weighted by atomic mass is 19.1. The Morgan fingerprint density at radius 2 is 1.85 bits per heavy atom. The molecule has 1 fully saturated rings. The van der Waals surface area contributed by atoms with Crippen LogP contribution in [0.15, 0.2) is 29.1 Å². The summed E-state index contributed by atoms with van der Waals surface area (Å²) in [6.45, 7) is 1.58. The average Bonchev–Trinajstić information content (AvgIpc) is 2.68. The zero-order valence-electron chi connectivity index (χ0n) is 14.5. The molecule has 1 saturated heterocycles. The minimum atomic E-state index is -1.09. The van der Waals surface area contributed by atoms with Crippen LogP contribution in [0.5, 0.6) is 0 Å². The topological polar surface area (TPSA) is 102 Å². The van der Waals surface area contributed by atoms with Gasteiger partial charge >= 0.3 is 0 Å². The first-order valence-electron chi connectivity index (χ1n) is 8.93. The van der Waals surface area contributed by atoms with Crippen molar-refractivity contribution in [3.63, 3.8) is 0 Å². The van der Waals surface area contributed by atoms with E-state index >= 15 is 0 Å². The van der Waals surface area contributed by atoms with E-state index in [1.807, 2.05) is 11.0 Å². The Balaban J connectivity index is 1.84. The SMILES string of the molecule is N#CC1C(=O)Nc2nc(N3CCCCC3)[nH]c(=O)c2C1c1ccc(F)cc1. The minimum Gasteiger partial charge on any atom is -0.342 e. The molecular weight excluding hydrogens is 349 g/mol. The molecule has 0 spiro atoms. The molecule has 2 N–H and O–H groups in total. The number of nitrogens with zero attached hydrogens (tertiary/aromatic N) is 3. The summed E-state index contributed by atoms with van der Waals surface area (Å²) in [6.07, 6.45) is 3.17. The van der Waals surface area contributed by atoms with Gasteiger partial charge in [-0.1, -0.05) is 12.1 Å². The number of halogens is 1. The van der Waals surface area contributed by atoms with Crippen LogP contribution in [0.4, 0.5) is 16.2 Å². The lowest BCUT2D eigenvalue weighted by Gasteiger charge is -2.31. The smallest absolute Gasteiger partial charge is 0.258 e. The number of fused-ring (bicyclic) bond motifs is 1. The van der Waals surface area contributed by atoms with Crippen LogP contribution in [0.2, 0.25) is 0 Å². The second-order valence-corrected chi connectivity index (χ2v) is 6.82. The van der Waals surface area contributed by atoms with E-state index in [1.165, 1.54) is 24.3 Å². The number of hydrogen-bond donors (Lipinski definition) is 2. The molecule has 0 aliphatic carbocycles. The Morgan fingerprint density at radius 3 is 2.52 bits per heavy atom. The van der Waals surface area contributed by atoms with Crippen LogP contribution in [0.25, 0.3) is 0 Å². The zero-order valence-corrected chi connectivity index (χ0v) is 14.5. The number of anilines is 2. The van der Waals surface area contributed by atoms with Gasteiger partial charge in [0.1, 0.15) is 17.6 Å². The quantitative estimate of drug-likeness (QED) is 0.847. The summed E-state index contributed by atoms with van der Waals surface area (Å²) < 4.78 is 13.3. The molecule has 0 radical (unpaired) electrons. The average molecular weight is 367 g/mol. The number of aromatic amines is 1. The number of H-pyrrole nitrogens is 1. The summed E-state index contributed by atoms with van der Waals surface area (Å²) in [5.74, 6) is -2.24. The van der Waals surface area contributed by atoms with Crippen LogP contribution in [-0.2, 0) is 4.79 Å². The highest BCUT2D eigenvalue weighted by Crippen LogP contribution is 2.38. The number of piperidine rings is 1. The molecule has 2 atom stereocenters. The fourth-order valence-corrected chi connectivity index (χ4v) is 3.78. The summed E-state index contributed by atoms with van der Waals surface area (Å²) in [7, 11) is 0. The molecule has 1 amide bonds. The Hall–Kier alpha value is -3.21. The van der Waals surface area contributed by atoms with Gasteiger partial charge in [0, 0.05) is 19.0 Å². The molecule has 1 aromatic carbocycles. The summed E-state index contributed by atoms with van der Waals surface area (Å²) in [5, 5.41) is 12.1. The van der Waals surface area contributed by atoms with Crippen molar-refractivity contribution >= 4 is 17.7 Å². The maximum absolute atomic E-state index is 13.3. The molecule has 27 heavy (non-hydrogen) atoms. The van der Waals surface area contributed by atoms with Gasteiger partial charge in [0.25, 0.3) is 5.56 Å². The fourth-order valence-electron chi connectivity index (χ4n) is 3.78. The molecule has 2 unspecified atom stereocenters. The maximum atomic E-state index is 13.3. The van der Waals surface area contributed by atoms with Crippen LogP contribution in [0.1, 0.15) is 36.3 Å². The van der Waals surface area contributed by atoms with Gasteiger partial charge in [0.05, 0.1) is 11.6 Å². The van der Waals surface area contributed by atoms with Crippen LogP contribution in [0.3, 0.4) is 0 Å². The Morgan fingerprint density at radius 1 is 1.15 bits per heavy atom. The second-order valence-electron chi connectivity index (χ2n) is 6.82. The van der Waals surface area contributed by atoms with E-state index in [-0.39, 0.29) is 11.4 Å². The Bertz CT molecular complexity index is 973. The third kappa shape index (κ3) is 3.05. The summed E-state index contributed by atoms with van der Waals surface area (Å²) >= 11 is 0. The molecule has 7 nitrogen and oxygen atoms in total. The molecule has 8 heteroatoms. The summed E-state index contributed by atoms with van der Waals surface area (Å²) in [5.41, 5.74) is 0.362. The van der Waals surface area contributed by atoms with Crippen LogP contribution >= 0.6 is 0 Å². The van der Waals surface area contributed by atoms with Crippen LogP contribution in [0, 0.1) is 23.1 Å². The van der Waals surface area contributed by atoms with E-state index in [0.717, 1.165) is 32.4 Å². The van der Waals surface area contributed by atoms with Gasteiger partial charge < -0.3 is 10.2 Å². The molecule has 4 rings (SSSR count). The molecule has 2 aromatic rings. The van der Waals surface area contributed by atoms with E-state index in [4.69, 9.17) is 0 Å². The first-order valence-corrected chi connectivity index (χ1v) is 8.93. The molecule has 2 aliphatic heterocycles. The van der Waals surface area contributed by atoms with E-state index in [0.29, 0.717) is 11.5 Å². The lowest BCUT2D eigenvalue weighted by molar-refractivity contribution is -0.119. The largest absolute Gasteiger partial charge is 0.342 e. The van der Waals surface area contributed by atoms with Crippen LogP contribution in [-0.4, -0.2) is 29.0 Å². The van der Waals surface area contributed by atoms with E-state index < -0.39 is 29.1 Å². The molecule has 3 heterocycles. The monoisotopic (exact) mass is 367 g/mol. The highest BCUT2D eigenvalue weighted by Gasteiger charge is 2.40. The highest BCUT2D eigenvalue weighted by molar-refractivity contribution is 5.97. The number of benzene rings is 1. The van der Waals surface area contributed by atoms with Crippen molar-refractivity contribution in [2.45, 2.75) is 25.2 Å². The number of aromatic nitrogens is 2. The van der Waals surface area contributed by atoms with Crippen LogP contribution < -0.4 is 15.8 Å².